The molecule has 0 saturated carbocycles. The van der Waals surface area contributed by atoms with Gasteiger partial charge in [0, 0.05) is 23.7 Å². The van der Waals surface area contributed by atoms with Crippen molar-refractivity contribution in [3.8, 4) is 0 Å². The minimum Gasteiger partial charge on any atom is -0.481 e. The number of aliphatic carboxylic acids is 1. The third-order valence-electron chi connectivity index (χ3n) is 8.31. The Morgan fingerprint density at radius 3 is 2.57 bits per heavy atom. The molecule has 2 unspecified atom stereocenters. The zero-order valence-electron chi connectivity index (χ0n) is 23.3. The number of nitrogens with zero attached hydrogens (tertiary/aromatic N) is 1. The van der Waals surface area contributed by atoms with Crippen LogP contribution in [-0.2, 0) is 30.3 Å². The van der Waals surface area contributed by atoms with E-state index in [-0.39, 0.29) is 44.1 Å². The molecule has 0 aromatic heterocycles. The number of aliphatic hydroxyl groups is 1. The van der Waals surface area contributed by atoms with Crippen LogP contribution in [0, 0.1) is 5.92 Å². The molecule has 6 N–H and O–H groups in total. The van der Waals surface area contributed by atoms with Gasteiger partial charge in [-0.05, 0) is 59.9 Å². The Kier molecular flexibility index (Phi) is 8.58. The molecule has 0 bridgehead atoms. The molecule has 0 radical (unpaired) electrons. The van der Waals surface area contributed by atoms with E-state index in [1.54, 1.807) is 25.1 Å². The number of benzene rings is 1. The van der Waals surface area contributed by atoms with E-state index in [1.165, 1.54) is 11.0 Å². The van der Waals surface area contributed by atoms with Crippen LogP contribution >= 0.6 is 0 Å². The van der Waals surface area contributed by atoms with Crippen LogP contribution in [0.15, 0.2) is 40.9 Å². The second kappa shape index (κ2) is 12.0. The molecule has 42 heavy (non-hydrogen) atoms. The van der Waals surface area contributed by atoms with Gasteiger partial charge in [0.15, 0.2) is 0 Å². The first-order chi connectivity index (χ1) is 19.9. The van der Waals surface area contributed by atoms with Gasteiger partial charge in [-0.1, -0.05) is 19.1 Å². The van der Waals surface area contributed by atoms with Gasteiger partial charge in [-0.15, -0.1) is 0 Å². The molecule has 3 aliphatic heterocycles. The molecule has 222 valence electrons. The fourth-order valence-corrected chi connectivity index (χ4v) is 6.05. The molecule has 13 nitrogen and oxygen atoms in total. The summed E-state index contributed by atoms with van der Waals surface area (Å²) >= 11 is 0. The summed E-state index contributed by atoms with van der Waals surface area (Å²) in [6.45, 7) is 3.74. The Morgan fingerprint density at radius 2 is 1.83 bits per heavy atom. The van der Waals surface area contributed by atoms with Crippen molar-refractivity contribution < 1.29 is 48.7 Å². The summed E-state index contributed by atoms with van der Waals surface area (Å²) in [6.07, 6.45) is 0.793. The number of likely N-dealkylation sites (tertiary alicyclic amines) is 1. The molecular weight excluding hydrogens is 548 g/mol. The summed E-state index contributed by atoms with van der Waals surface area (Å²) in [7, 11) is -2.30. The summed E-state index contributed by atoms with van der Waals surface area (Å²) in [4.78, 5) is 53.4. The van der Waals surface area contributed by atoms with Gasteiger partial charge in [0.25, 0.3) is 5.91 Å². The molecule has 3 heterocycles. The number of nitrogens with one attached hydrogen (secondary N) is 2. The highest BCUT2D eigenvalue weighted by Gasteiger charge is 2.42. The maximum atomic E-state index is 13.9. The summed E-state index contributed by atoms with van der Waals surface area (Å²) in [6, 6.07) is 1.64. The van der Waals surface area contributed by atoms with Gasteiger partial charge in [0.2, 0.25) is 11.8 Å². The van der Waals surface area contributed by atoms with Crippen LogP contribution in [0.25, 0.3) is 0 Å². The van der Waals surface area contributed by atoms with Gasteiger partial charge in [0.05, 0.1) is 31.8 Å². The molecule has 15 heteroatoms. The molecule has 3 amide bonds. The summed E-state index contributed by atoms with van der Waals surface area (Å²) in [5.74, 6) is -3.18. The van der Waals surface area contributed by atoms with Gasteiger partial charge in [-0.2, -0.15) is 0 Å². The second-order valence-electron chi connectivity index (χ2n) is 11.3. The Bertz CT molecular complexity index is 1370. The number of hydrogen-bond donors (Lipinski definition) is 6. The molecule has 5 atom stereocenters. The highest BCUT2D eigenvalue weighted by Crippen LogP contribution is 2.34. The van der Waals surface area contributed by atoms with Gasteiger partial charge in [0.1, 0.15) is 6.04 Å². The third kappa shape index (κ3) is 6.01. The van der Waals surface area contributed by atoms with Gasteiger partial charge in [-0.3, -0.25) is 19.2 Å². The van der Waals surface area contributed by atoms with E-state index >= 15 is 0 Å². The van der Waals surface area contributed by atoms with Crippen molar-refractivity contribution in [2.24, 2.45) is 5.92 Å². The standard InChI is InChI=1S/C27H33B2N3O10/c1-13-5-17-12-42-29(40)22(17)9-20(13)26(37)31-24(27(38)32-10-19(33)7-18(32)8-23(34)35)14(2)30-25(36)15-3-4-16-11-41-28(39)21(16)6-15/h3-4,6,9,13-14,18-19,24,33,39-40H,5,7-8,10-12H2,1-2H3,(H,30,36)(H,31,37)(H,34,35)/t13?,14-,18-,19?,24-/m0/s1. The molecule has 5 rings (SSSR count). The highest BCUT2D eigenvalue weighted by molar-refractivity contribution is 6.61. The molecular formula is C27H33B2N3O10. The molecule has 1 fully saturated rings. The monoisotopic (exact) mass is 581 g/mol. The maximum absolute atomic E-state index is 13.9. The lowest BCUT2D eigenvalue weighted by Gasteiger charge is -2.33. The topological polar surface area (TPSA) is 195 Å². The third-order valence-corrected chi connectivity index (χ3v) is 8.31. The lowest BCUT2D eigenvalue weighted by Crippen LogP contribution is -2.59. The highest BCUT2D eigenvalue weighted by atomic mass is 16.5. The van der Waals surface area contributed by atoms with Crippen molar-refractivity contribution >= 4 is 43.4 Å². The number of allylic oxidation sites excluding steroid dienone is 2. The van der Waals surface area contributed by atoms with Gasteiger partial charge < -0.3 is 45.1 Å². The molecule has 4 aliphatic rings. The van der Waals surface area contributed by atoms with Gasteiger partial charge >= 0.3 is 20.2 Å². The van der Waals surface area contributed by atoms with Crippen LogP contribution in [0.4, 0.5) is 0 Å². The SMILES string of the molecule is CC1CC2=C(C=C1C(=O)N[C@H](C(=O)N1CC(O)C[C@H]1CC(=O)O)[C@H](C)NC(=O)c1ccc3c(c1)B(O)OC3)B(O)OC2. The fourth-order valence-electron chi connectivity index (χ4n) is 6.05. The number of hydrogen-bond acceptors (Lipinski definition) is 9. The quantitative estimate of drug-likeness (QED) is 0.192. The smallest absolute Gasteiger partial charge is 0.481 e. The number of β-amino-alcohol motifs (C(OH)–C–C–N with tert-alkyl or cyclic N) is 1. The number of aliphatic hydroxyl groups excluding tert-OH is 1. The Balaban J connectivity index is 1.40. The lowest BCUT2D eigenvalue weighted by atomic mass is 9.71. The number of rotatable bonds is 8. The van der Waals surface area contributed by atoms with Crippen molar-refractivity contribution in [2.75, 3.05) is 13.2 Å². The number of carbonyl (C=O) groups is 4. The Labute approximate surface area is 242 Å². The lowest BCUT2D eigenvalue weighted by molar-refractivity contribution is -0.141. The van der Waals surface area contributed by atoms with Crippen molar-refractivity contribution in [3.63, 3.8) is 0 Å². The second-order valence-corrected chi connectivity index (χ2v) is 11.3. The minimum atomic E-state index is -1.32. The number of carboxylic acids is 1. The van der Waals surface area contributed by atoms with Crippen LogP contribution < -0.4 is 16.1 Å². The van der Waals surface area contributed by atoms with E-state index in [9.17, 15) is 39.4 Å². The number of carboxylic acid groups (broad SMARTS) is 1. The molecule has 1 aliphatic carbocycles. The first-order valence-electron chi connectivity index (χ1n) is 13.9. The maximum Gasteiger partial charge on any atom is 0.491 e. The van der Waals surface area contributed by atoms with Crippen LogP contribution in [0.1, 0.15) is 49.0 Å². The van der Waals surface area contributed by atoms with E-state index in [1.807, 2.05) is 6.92 Å². The van der Waals surface area contributed by atoms with E-state index in [2.05, 4.69) is 10.6 Å². The minimum absolute atomic E-state index is 0.0655. The zero-order valence-corrected chi connectivity index (χ0v) is 23.3. The Morgan fingerprint density at radius 1 is 1.10 bits per heavy atom. The zero-order chi connectivity index (χ0) is 30.3. The van der Waals surface area contributed by atoms with Crippen molar-refractivity contribution in [1.82, 2.24) is 15.5 Å². The van der Waals surface area contributed by atoms with E-state index < -0.39 is 62.2 Å². The largest absolute Gasteiger partial charge is 0.491 e. The first-order valence-corrected chi connectivity index (χ1v) is 13.9. The van der Waals surface area contributed by atoms with E-state index in [0.29, 0.717) is 22.9 Å². The molecule has 1 aromatic carbocycles. The normalized spacial score (nSPS) is 24.6. The van der Waals surface area contributed by atoms with Crippen LogP contribution in [0.3, 0.4) is 0 Å². The van der Waals surface area contributed by atoms with Crippen molar-refractivity contribution in [3.05, 3.63) is 52.0 Å². The van der Waals surface area contributed by atoms with E-state index in [0.717, 1.165) is 11.1 Å². The predicted molar refractivity (Wildman–Crippen MR) is 149 cm³/mol. The van der Waals surface area contributed by atoms with Crippen molar-refractivity contribution in [1.29, 1.82) is 0 Å². The van der Waals surface area contributed by atoms with Crippen LogP contribution in [-0.4, -0.2) is 100 Å². The number of carbonyl (C=O) groups excluding carboxylic acids is 3. The molecule has 1 aromatic rings. The average Bonchev–Trinajstić information content (AvgIpc) is 3.61. The fraction of sp³-hybridized carbons (Fsp3) is 0.481. The summed E-state index contributed by atoms with van der Waals surface area (Å²) in [5, 5.41) is 45.3. The molecule has 1 saturated heterocycles. The van der Waals surface area contributed by atoms with Crippen LogP contribution in [0.2, 0.25) is 0 Å². The molecule has 0 spiro atoms. The van der Waals surface area contributed by atoms with E-state index in [4.69, 9.17) is 9.31 Å². The van der Waals surface area contributed by atoms with Crippen molar-refractivity contribution in [2.45, 2.75) is 63.9 Å². The Hall–Kier alpha value is -3.49. The number of fused-ring (bicyclic) bond motifs is 1. The van der Waals surface area contributed by atoms with Crippen LogP contribution in [0.5, 0.6) is 0 Å². The summed E-state index contributed by atoms with van der Waals surface area (Å²) in [5.41, 5.74) is 3.15. The average molecular weight is 581 g/mol. The predicted octanol–water partition coefficient (Wildman–Crippen LogP) is -1.74. The van der Waals surface area contributed by atoms with Gasteiger partial charge in [-0.25, -0.2) is 0 Å². The first kappa shape index (κ1) is 30.0. The number of amides is 3. The summed E-state index contributed by atoms with van der Waals surface area (Å²) < 4.78 is 10.5.